The molecule has 0 saturated carbocycles. The van der Waals surface area contributed by atoms with Crippen molar-refractivity contribution in [2.75, 3.05) is 0 Å². The first kappa shape index (κ1) is 63.1. The van der Waals surface area contributed by atoms with E-state index in [1.165, 1.54) is 93.2 Å². The maximum atomic E-state index is 4.90. The van der Waals surface area contributed by atoms with Gasteiger partial charge in [0.25, 0.3) is 0 Å². The Balaban J connectivity index is 0.000000107. The van der Waals surface area contributed by atoms with E-state index in [1.807, 2.05) is 42.9 Å². The first-order valence-electron chi connectivity index (χ1n) is 36.6. The van der Waals surface area contributed by atoms with Crippen molar-refractivity contribution in [3.63, 3.8) is 0 Å². The molecule has 0 N–H and O–H groups in total. The average molecular weight is 1380 g/mol. The number of benzene rings is 13. The summed E-state index contributed by atoms with van der Waals surface area (Å²) in [4.78, 5) is 14.3. The molecule has 0 atom stereocenters. The number of hydrogen-bond acceptors (Lipinski definition) is 3. The van der Waals surface area contributed by atoms with Gasteiger partial charge in [0, 0.05) is 119 Å². The second-order valence-corrected chi connectivity index (χ2v) is 27.1. The molecule has 0 aliphatic carbocycles. The van der Waals surface area contributed by atoms with Gasteiger partial charge < -0.3 is 18.3 Å². The van der Waals surface area contributed by atoms with Gasteiger partial charge in [-0.2, -0.15) is 0 Å². The lowest BCUT2D eigenvalue weighted by Crippen LogP contribution is -2.00. The molecule has 0 aliphatic rings. The van der Waals surface area contributed by atoms with Crippen LogP contribution in [0.1, 0.15) is 0 Å². The summed E-state index contributed by atoms with van der Waals surface area (Å²) in [7, 11) is 0. The number of pyridine rings is 3. The molecule has 13 aromatic carbocycles. The lowest BCUT2D eigenvalue weighted by atomic mass is 9.99. The third kappa shape index (κ3) is 10.8. The summed E-state index contributed by atoms with van der Waals surface area (Å²) in [5.74, 6) is 0. The molecule has 0 unspecified atom stereocenters. The van der Waals surface area contributed by atoms with Crippen molar-refractivity contribution in [2.45, 2.75) is 0 Å². The van der Waals surface area contributed by atoms with Crippen molar-refractivity contribution in [3.05, 3.63) is 407 Å². The summed E-state index contributed by atoms with van der Waals surface area (Å²) in [6, 6.07) is 135. The number of nitrogens with zero attached hydrogens (tertiary/aromatic N) is 9. The van der Waals surface area contributed by atoms with Crippen molar-refractivity contribution in [2.24, 2.45) is 0 Å². The summed E-state index contributed by atoms with van der Waals surface area (Å²) in [6.45, 7) is 0. The lowest BCUT2D eigenvalue weighted by Gasteiger charge is -2.14. The van der Waals surface area contributed by atoms with E-state index < -0.39 is 0 Å². The smallest absolute Gasteiger partial charge is 0.145 e. The van der Waals surface area contributed by atoms with Gasteiger partial charge in [-0.25, -0.2) is 15.0 Å². The number of para-hydroxylation sites is 6. The Morgan fingerprint density at radius 2 is 0.519 bits per heavy atom. The van der Waals surface area contributed by atoms with Crippen LogP contribution in [-0.2, 0) is 0 Å². The maximum Gasteiger partial charge on any atom is 0.145 e. The molecular weight excluding hydrogens is 1320 g/mol. The largest absolute Gasteiger partial charge is 0.309 e. The number of fused-ring (bicyclic) bond motifs is 12. The minimum atomic E-state index is 0.949. The van der Waals surface area contributed by atoms with Gasteiger partial charge in [0.15, 0.2) is 0 Å². The molecule has 0 bridgehead atoms. The first-order chi connectivity index (χ1) is 53.6. The van der Waals surface area contributed by atoms with Gasteiger partial charge in [0.05, 0.1) is 44.5 Å². The second-order valence-electron chi connectivity index (χ2n) is 27.1. The van der Waals surface area contributed by atoms with Crippen LogP contribution in [0.5, 0.6) is 0 Å². The van der Waals surface area contributed by atoms with E-state index in [2.05, 4.69) is 392 Å². The standard InChI is InChI=1S/C37H25N3.2C31H21N3/c1-3-12-26(13-4-1)35-32-18-11-25-38-37(32)40(36(35)27-14-5-2-6-15-27)29-23-21-28(22-24-29)39-33-19-9-7-16-30(33)31-17-8-10-20-34(31)39;1-2-9-22(10-3-1)30-21-23-11-8-20-32-31(23)34(30)25-18-16-24(17-19-25)33-28-14-6-4-12-26(28)27-13-5-7-15-29(27)33;1-2-9-22(10-3-1)28-21-33(31-27(28)13-8-20-32-31)23-16-18-24(19-17-23)34-29-14-6-4-11-25(29)26-12-5-7-15-30(26)34/h1-25H;2*1-21H. The topological polar surface area (TPSA) is 68.2 Å². The fraction of sp³-hybridized carbons (Fsp3) is 0. The highest BCUT2D eigenvalue weighted by Gasteiger charge is 2.24. The summed E-state index contributed by atoms with van der Waals surface area (Å²) >= 11 is 0. The summed E-state index contributed by atoms with van der Waals surface area (Å²) in [6.07, 6.45) is 7.80. The lowest BCUT2D eigenvalue weighted by molar-refractivity contribution is 1.08. The highest BCUT2D eigenvalue weighted by Crippen LogP contribution is 2.44. The molecule has 9 heteroatoms. The van der Waals surface area contributed by atoms with Gasteiger partial charge in [-0.05, 0) is 174 Å². The summed E-state index contributed by atoms with van der Waals surface area (Å²) in [5, 5.41) is 11.0. The van der Waals surface area contributed by atoms with Crippen LogP contribution in [0.15, 0.2) is 407 Å². The summed E-state index contributed by atoms with van der Waals surface area (Å²) in [5.41, 5.74) is 26.2. The van der Waals surface area contributed by atoms with E-state index in [0.717, 1.165) is 84.2 Å². The molecule has 508 valence electrons. The number of hydrogen-bond donors (Lipinski definition) is 0. The molecule has 0 radical (unpaired) electrons. The van der Waals surface area contributed by atoms with Crippen molar-refractivity contribution < 1.29 is 0 Å². The van der Waals surface area contributed by atoms with Gasteiger partial charge >= 0.3 is 0 Å². The van der Waals surface area contributed by atoms with E-state index in [-0.39, 0.29) is 0 Å². The van der Waals surface area contributed by atoms with Crippen LogP contribution in [0.2, 0.25) is 0 Å². The molecule has 0 aliphatic heterocycles. The highest BCUT2D eigenvalue weighted by atomic mass is 15.1. The third-order valence-corrected chi connectivity index (χ3v) is 21.0. The van der Waals surface area contributed by atoms with Crippen molar-refractivity contribution in [3.8, 4) is 78.9 Å². The van der Waals surface area contributed by atoms with Gasteiger partial charge in [0.1, 0.15) is 16.9 Å². The molecule has 0 amide bonds. The normalized spacial score (nSPS) is 11.5. The average Bonchev–Trinajstić information content (AvgIpc) is 1.11. The van der Waals surface area contributed by atoms with E-state index in [9.17, 15) is 0 Å². The SMILES string of the molecule is c1ccc(-c2c(-c3ccccc3)n(-c3ccc(-n4c5ccccc5c5ccccc54)cc3)c3ncccc23)cc1.c1ccc(-c2cc3cccnc3n2-c2ccc(-n3c4ccccc4c4ccccc43)cc2)cc1.c1ccc(-c2cn(-c3ccc(-n4c5ccccc5c5ccccc54)cc3)c3ncccc23)cc1. The van der Waals surface area contributed by atoms with Crippen LogP contribution < -0.4 is 0 Å². The van der Waals surface area contributed by atoms with Gasteiger partial charge in [-0.15, -0.1) is 0 Å². The zero-order valence-corrected chi connectivity index (χ0v) is 58.7. The Bertz CT molecular complexity index is 6900. The Hall–Kier alpha value is -14.7. The molecule has 0 fully saturated rings. The predicted molar refractivity (Wildman–Crippen MR) is 448 cm³/mol. The van der Waals surface area contributed by atoms with Crippen LogP contribution in [-0.4, -0.2) is 42.4 Å². The van der Waals surface area contributed by atoms with Crippen LogP contribution in [0.4, 0.5) is 0 Å². The fourth-order valence-electron chi connectivity index (χ4n) is 16.2. The number of aromatic nitrogens is 9. The minimum absolute atomic E-state index is 0.949. The van der Waals surface area contributed by atoms with E-state index >= 15 is 0 Å². The molecule has 22 aromatic rings. The van der Waals surface area contributed by atoms with Crippen LogP contribution >= 0.6 is 0 Å². The molecule has 0 saturated heterocycles. The van der Waals surface area contributed by atoms with Crippen LogP contribution in [0, 0.1) is 0 Å². The monoisotopic (exact) mass is 1380 g/mol. The molecule has 9 heterocycles. The molecule has 9 nitrogen and oxygen atoms in total. The Labute approximate surface area is 622 Å². The quantitative estimate of drug-likeness (QED) is 0.137. The van der Waals surface area contributed by atoms with E-state index in [1.54, 1.807) is 0 Å². The molecule has 22 rings (SSSR count). The minimum Gasteiger partial charge on any atom is -0.309 e. The molecule has 9 aromatic heterocycles. The van der Waals surface area contributed by atoms with Gasteiger partial charge in [-0.3, -0.25) is 9.13 Å². The number of rotatable bonds is 10. The Morgan fingerprint density at radius 3 is 0.954 bits per heavy atom. The van der Waals surface area contributed by atoms with Gasteiger partial charge in [-0.1, -0.05) is 231 Å². The first-order valence-corrected chi connectivity index (χ1v) is 36.6. The van der Waals surface area contributed by atoms with Crippen LogP contribution in [0.25, 0.3) is 177 Å². The highest BCUT2D eigenvalue weighted by molar-refractivity contribution is 6.12. The third-order valence-electron chi connectivity index (χ3n) is 21.0. The Kier molecular flexibility index (Phi) is 15.7. The molecule has 108 heavy (non-hydrogen) atoms. The van der Waals surface area contributed by atoms with E-state index in [0.29, 0.717) is 0 Å². The van der Waals surface area contributed by atoms with Crippen molar-refractivity contribution in [1.29, 1.82) is 0 Å². The predicted octanol–water partition coefficient (Wildman–Crippen LogP) is 25.0. The zero-order chi connectivity index (χ0) is 71.4. The molecule has 0 spiro atoms. The van der Waals surface area contributed by atoms with Crippen molar-refractivity contribution in [1.82, 2.24) is 42.4 Å². The Morgan fingerprint density at radius 1 is 0.204 bits per heavy atom. The van der Waals surface area contributed by atoms with Crippen LogP contribution in [0.3, 0.4) is 0 Å². The van der Waals surface area contributed by atoms with Gasteiger partial charge in [0.2, 0.25) is 0 Å². The molecular formula is C99H67N9. The summed E-state index contributed by atoms with van der Waals surface area (Å²) < 4.78 is 13.8. The maximum absolute atomic E-state index is 4.90. The van der Waals surface area contributed by atoms with E-state index in [4.69, 9.17) is 15.0 Å². The zero-order valence-electron chi connectivity index (χ0n) is 58.7. The van der Waals surface area contributed by atoms with Crippen molar-refractivity contribution >= 4 is 98.5 Å². The fourth-order valence-corrected chi connectivity index (χ4v) is 16.2. The second kappa shape index (κ2) is 26.9.